The van der Waals surface area contributed by atoms with Gasteiger partial charge >= 0.3 is 6.61 Å². The van der Waals surface area contributed by atoms with Crippen LogP contribution in [0.25, 0.3) is 6.08 Å². The molecule has 0 aliphatic carbocycles. The van der Waals surface area contributed by atoms with E-state index in [1.54, 1.807) is 42.5 Å². The Kier molecular flexibility index (Phi) is 5.25. The average molecular weight is 304 g/mol. The second-order valence-electron chi connectivity index (χ2n) is 4.34. The van der Waals surface area contributed by atoms with Gasteiger partial charge in [0.2, 0.25) is 0 Å². The number of ketones is 1. The molecule has 0 saturated carbocycles. The molecule has 0 amide bonds. The average Bonchev–Trinajstić information content (AvgIpc) is 2.53. The Bertz CT molecular complexity index is 664. The maximum absolute atomic E-state index is 12.3. The van der Waals surface area contributed by atoms with E-state index in [1.807, 2.05) is 0 Å². The van der Waals surface area contributed by atoms with Crippen molar-refractivity contribution >= 4 is 11.9 Å². The van der Waals surface area contributed by atoms with E-state index in [9.17, 15) is 13.6 Å². The number of carbonyl (C=O) groups excluding carboxylic acids is 1. The third-order valence-corrected chi connectivity index (χ3v) is 2.92. The number of benzene rings is 2. The number of hydrogen-bond acceptors (Lipinski definition) is 3. The normalized spacial score (nSPS) is 10.9. The molecule has 0 fully saturated rings. The zero-order valence-electron chi connectivity index (χ0n) is 11.8. The predicted molar refractivity (Wildman–Crippen MR) is 79.4 cm³/mol. The highest BCUT2D eigenvalue weighted by Crippen LogP contribution is 2.22. The van der Waals surface area contributed by atoms with Crippen molar-refractivity contribution in [2.75, 3.05) is 7.11 Å². The molecule has 0 unspecified atom stereocenters. The number of ether oxygens (including phenoxy) is 2. The van der Waals surface area contributed by atoms with Crippen molar-refractivity contribution < 1.29 is 23.0 Å². The fourth-order valence-corrected chi connectivity index (χ4v) is 1.84. The van der Waals surface area contributed by atoms with Gasteiger partial charge in [-0.25, -0.2) is 0 Å². The fourth-order valence-electron chi connectivity index (χ4n) is 1.84. The van der Waals surface area contributed by atoms with Gasteiger partial charge in [0.15, 0.2) is 5.78 Å². The number of methoxy groups -OCH3 is 1. The summed E-state index contributed by atoms with van der Waals surface area (Å²) in [6.45, 7) is -2.91. The first-order chi connectivity index (χ1) is 10.6. The topological polar surface area (TPSA) is 35.5 Å². The molecule has 0 spiro atoms. The minimum Gasteiger partial charge on any atom is -0.497 e. The van der Waals surface area contributed by atoms with E-state index in [0.29, 0.717) is 16.9 Å². The maximum Gasteiger partial charge on any atom is 0.387 e. The zero-order chi connectivity index (χ0) is 15.9. The van der Waals surface area contributed by atoms with Crippen LogP contribution in [0.3, 0.4) is 0 Å². The summed E-state index contributed by atoms with van der Waals surface area (Å²) in [6, 6.07) is 12.9. The van der Waals surface area contributed by atoms with Crippen molar-refractivity contribution in [2.45, 2.75) is 6.61 Å². The third-order valence-electron chi connectivity index (χ3n) is 2.92. The van der Waals surface area contributed by atoms with Gasteiger partial charge in [0.1, 0.15) is 11.5 Å². The van der Waals surface area contributed by atoms with E-state index in [0.717, 1.165) is 0 Å². The Morgan fingerprint density at radius 1 is 1.09 bits per heavy atom. The van der Waals surface area contributed by atoms with Crippen molar-refractivity contribution in [1.29, 1.82) is 0 Å². The molecule has 3 nitrogen and oxygen atoms in total. The minimum absolute atomic E-state index is 0.0243. The first kappa shape index (κ1) is 15.7. The second-order valence-corrected chi connectivity index (χ2v) is 4.34. The summed E-state index contributed by atoms with van der Waals surface area (Å²) in [5.74, 6) is 0.432. The van der Waals surface area contributed by atoms with Gasteiger partial charge < -0.3 is 9.47 Å². The van der Waals surface area contributed by atoms with Gasteiger partial charge in [-0.05, 0) is 42.5 Å². The summed E-state index contributed by atoms with van der Waals surface area (Å²) >= 11 is 0. The van der Waals surface area contributed by atoms with Gasteiger partial charge in [0, 0.05) is 11.1 Å². The van der Waals surface area contributed by atoms with E-state index in [4.69, 9.17) is 4.74 Å². The smallest absolute Gasteiger partial charge is 0.387 e. The molecule has 0 bridgehead atoms. The Morgan fingerprint density at radius 2 is 1.77 bits per heavy atom. The minimum atomic E-state index is -2.91. The molecule has 0 aliphatic rings. The van der Waals surface area contributed by atoms with Crippen LogP contribution in [0.4, 0.5) is 8.78 Å². The molecule has 0 aliphatic heterocycles. The quantitative estimate of drug-likeness (QED) is 0.593. The molecular formula is C17H14F2O3. The summed E-state index contributed by atoms with van der Waals surface area (Å²) in [7, 11) is 1.54. The molecule has 0 aromatic heterocycles. The standard InChI is InChI=1S/C17H14F2O3/c1-21-14-9-6-12(7-10-14)15(20)11-8-13-4-2-3-5-16(13)22-17(18)19/h2-11,17H,1H3/b11-8+. The molecule has 0 heterocycles. The Hall–Kier alpha value is -2.69. The predicted octanol–water partition coefficient (Wildman–Crippen LogP) is 4.19. The molecule has 0 atom stereocenters. The van der Waals surface area contributed by atoms with Gasteiger partial charge in [0.25, 0.3) is 0 Å². The molecule has 114 valence electrons. The van der Waals surface area contributed by atoms with Crippen LogP contribution < -0.4 is 9.47 Å². The van der Waals surface area contributed by atoms with E-state index in [1.165, 1.54) is 25.3 Å². The van der Waals surface area contributed by atoms with E-state index >= 15 is 0 Å². The van der Waals surface area contributed by atoms with Gasteiger partial charge in [0.05, 0.1) is 7.11 Å². The summed E-state index contributed by atoms with van der Waals surface area (Å²) in [6.07, 6.45) is 2.76. The molecule has 5 heteroatoms. The Labute approximate surface area is 126 Å². The lowest BCUT2D eigenvalue weighted by molar-refractivity contribution is -0.0499. The van der Waals surface area contributed by atoms with Gasteiger partial charge in [-0.1, -0.05) is 18.2 Å². The summed E-state index contributed by atoms with van der Waals surface area (Å²) in [5.41, 5.74) is 0.883. The number of halogens is 2. The van der Waals surface area contributed by atoms with Crippen LogP contribution >= 0.6 is 0 Å². The molecule has 2 aromatic carbocycles. The van der Waals surface area contributed by atoms with E-state index < -0.39 is 6.61 Å². The lowest BCUT2D eigenvalue weighted by Crippen LogP contribution is -2.03. The summed E-state index contributed by atoms with van der Waals surface area (Å²) < 4.78 is 34.0. The Balaban J connectivity index is 2.15. The highest BCUT2D eigenvalue weighted by atomic mass is 19.3. The van der Waals surface area contributed by atoms with Crippen molar-refractivity contribution in [3.05, 3.63) is 65.7 Å². The first-order valence-corrected chi connectivity index (χ1v) is 6.50. The lowest BCUT2D eigenvalue weighted by atomic mass is 10.1. The van der Waals surface area contributed by atoms with Gasteiger partial charge in [-0.3, -0.25) is 4.79 Å². The van der Waals surface area contributed by atoms with E-state index in [2.05, 4.69) is 4.74 Å². The van der Waals surface area contributed by atoms with E-state index in [-0.39, 0.29) is 11.5 Å². The van der Waals surface area contributed by atoms with Crippen molar-refractivity contribution in [3.63, 3.8) is 0 Å². The van der Waals surface area contributed by atoms with Crippen molar-refractivity contribution in [3.8, 4) is 11.5 Å². The van der Waals surface area contributed by atoms with Crippen LogP contribution in [0.1, 0.15) is 15.9 Å². The molecule has 0 radical (unpaired) electrons. The molecule has 2 aromatic rings. The van der Waals surface area contributed by atoms with Crippen LogP contribution in [0.2, 0.25) is 0 Å². The van der Waals surface area contributed by atoms with Crippen LogP contribution in [0.15, 0.2) is 54.6 Å². The number of rotatable bonds is 6. The maximum atomic E-state index is 12.3. The van der Waals surface area contributed by atoms with Gasteiger partial charge in [-0.2, -0.15) is 8.78 Å². The lowest BCUT2D eigenvalue weighted by Gasteiger charge is -2.07. The molecular weight excluding hydrogens is 290 g/mol. The zero-order valence-corrected chi connectivity index (χ0v) is 11.8. The SMILES string of the molecule is COc1ccc(C(=O)/C=C/c2ccccc2OC(F)F)cc1. The molecule has 2 rings (SSSR count). The molecule has 0 N–H and O–H groups in total. The highest BCUT2D eigenvalue weighted by molar-refractivity contribution is 6.07. The largest absolute Gasteiger partial charge is 0.497 e. The molecule has 0 saturated heterocycles. The number of hydrogen-bond donors (Lipinski definition) is 0. The Morgan fingerprint density at radius 3 is 2.41 bits per heavy atom. The highest BCUT2D eigenvalue weighted by Gasteiger charge is 2.08. The fraction of sp³-hybridized carbons (Fsp3) is 0.118. The van der Waals surface area contributed by atoms with Crippen molar-refractivity contribution in [1.82, 2.24) is 0 Å². The van der Waals surface area contributed by atoms with Crippen LogP contribution in [-0.4, -0.2) is 19.5 Å². The first-order valence-electron chi connectivity index (χ1n) is 6.50. The van der Waals surface area contributed by atoms with Crippen molar-refractivity contribution in [2.24, 2.45) is 0 Å². The number of para-hydroxylation sites is 1. The summed E-state index contributed by atoms with van der Waals surface area (Å²) in [4.78, 5) is 12.0. The van der Waals surface area contributed by atoms with Crippen LogP contribution in [0.5, 0.6) is 11.5 Å². The third kappa shape index (κ3) is 4.15. The monoisotopic (exact) mass is 304 g/mol. The number of alkyl halides is 2. The van der Waals surface area contributed by atoms with Gasteiger partial charge in [-0.15, -0.1) is 0 Å². The number of carbonyl (C=O) groups is 1. The number of allylic oxidation sites excluding steroid dienone is 1. The summed E-state index contributed by atoms with van der Waals surface area (Å²) in [5, 5.41) is 0. The van der Waals surface area contributed by atoms with Crippen LogP contribution in [-0.2, 0) is 0 Å². The second kappa shape index (κ2) is 7.36. The van der Waals surface area contributed by atoms with Crippen LogP contribution in [0, 0.1) is 0 Å². The molecule has 22 heavy (non-hydrogen) atoms.